The van der Waals surface area contributed by atoms with Crippen molar-refractivity contribution in [2.24, 2.45) is 10.7 Å². The summed E-state index contributed by atoms with van der Waals surface area (Å²) in [5.74, 6) is 1.02. The molecule has 0 unspecified atom stereocenters. The van der Waals surface area contributed by atoms with Crippen molar-refractivity contribution in [2.45, 2.75) is 25.3 Å². The second-order valence-electron chi connectivity index (χ2n) is 7.00. The summed E-state index contributed by atoms with van der Waals surface area (Å²) >= 11 is 1.80. The molecule has 1 fully saturated rings. The van der Waals surface area contributed by atoms with Crippen LogP contribution in [0.25, 0.3) is 0 Å². The molecule has 0 bridgehead atoms. The molecule has 1 aliphatic heterocycles. The van der Waals surface area contributed by atoms with Gasteiger partial charge < -0.3 is 26.0 Å². The zero-order valence-corrected chi connectivity index (χ0v) is 17.6. The largest absolute Gasteiger partial charge is 0.484 e. The number of hydrogen-bond acceptors (Lipinski definition) is 5. The molecule has 1 aromatic heterocycles. The number of primary amides is 1. The van der Waals surface area contributed by atoms with Gasteiger partial charge in [0, 0.05) is 32.7 Å². The van der Waals surface area contributed by atoms with E-state index in [4.69, 9.17) is 10.5 Å². The van der Waals surface area contributed by atoms with Gasteiger partial charge in [0.25, 0.3) is 5.91 Å². The lowest BCUT2D eigenvalue weighted by atomic mass is 10.1. The molecule has 156 valence electrons. The van der Waals surface area contributed by atoms with Gasteiger partial charge in [-0.25, -0.2) is 0 Å². The molecule has 0 radical (unpaired) electrons. The average Bonchev–Trinajstić information content (AvgIpc) is 3.28. The molecule has 0 atom stereocenters. The van der Waals surface area contributed by atoms with Crippen LogP contribution in [0.15, 0.2) is 46.8 Å². The van der Waals surface area contributed by atoms with Gasteiger partial charge in [-0.3, -0.25) is 9.79 Å². The summed E-state index contributed by atoms with van der Waals surface area (Å²) in [6.07, 6.45) is 3.07. The van der Waals surface area contributed by atoms with Crippen LogP contribution in [0, 0.1) is 0 Å². The van der Waals surface area contributed by atoms with Crippen LogP contribution in [0.3, 0.4) is 0 Å². The van der Waals surface area contributed by atoms with E-state index in [0.29, 0.717) is 11.8 Å². The molecule has 8 heteroatoms. The van der Waals surface area contributed by atoms with Crippen LogP contribution in [0.2, 0.25) is 0 Å². The van der Waals surface area contributed by atoms with Crippen molar-refractivity contribution in [2.75, 3.05) is 38.2 Å². The molecule has 0 spiro atoms. The molecule has 2 aromatic rings. The third-order valence-corrected chi connectivity index (χ3v) is 5.82. The molecule has 1 saturated heterocycles. The Bertz CT molecular complexity index is 784. The number of thiophene rings is 1. The number of anilines is 1. The minimum Gasteiger partial charge on any atom is -0.484 e. The number of nitrogens with zero attached hydrogens (tertiary/aromatic N) is 2. The highest BCUT2D eigenvalue weighted by atomic mass is 32.1. The highest BCUT2D eigenvalue weighted by Gasteiger charge is 2.20. The Balaban J connectivity index is 1.37. The quantitative estimate of drug-likeness (QED) is 0.453. The molecule has 0 aliphatic carbocycles. The first-order chi connectivity index (χ1) is 14.1. The topological polar surface area (TPSA) is 92.0 Å². The lowest BCUT2D eigenvalue weighted by molar-refractivity contribution is -0.119. The van der Waals surface area contributed by atoms with Crippen molar-refractivity contribution < 1.29 is 9.53 Å². The van der Waals surface area contributed by atoms with Crippen molar-refractivity contribution in [3.63, 3.8) is 0 Å². The van der Waals surface area contributed by atoms with Crippen LogP contribution in [0.4, 0.5) is 5.00 Å². The van der Waals surface area contributed by atoms with E-state index in [9.17, 15) is 4.79 Å². The molecule has 4 N–H and O–H groups in total. The van der Waals surface area contributed by atoms with Crippen molar-refractivity contribution in [1.29, 1.82) is 0 Å². The van der Waals surface area contributed by atoms with E-state index in [1.165, 1.54) is 10.6 Å². The van der Waals surface area contributed by atoms with Gasteiger partial charge in [-0.15, -0.1) is 11.3 Å². The van der Waals surface area contributed by atoms with Gasteiger partial charge in [0.05, 0.1) is 5.00 Å². The van der Waals surface area contributed by atoms with E-state index in [1.54, 1.807) is 18.4 Å². The highest BCUT2D eigenvalue weighted by Crippen LogP contribution is 2.24. The van der Waals surface area contributed by atoms with Crippen LogP contribution in [0.1, 0.15) is 18.4 Å². The summed E-state index contributed by atoms with van der Waals surface area (Å²) in [5, 5.41) is 10.4. The Kier molecular flexibility index (Phi) is 7.75. The van der Waals surface area contributed by atoms with E-state index >= 15 is 0 Å². The Morgan fingerprint density at radius 2 is 2.03 bits per heavy atom. The summed E-state index contributed by atoms with van der Waals surface area (Å²) in [4.78, 5) is 17.6. The first kappa shape index (κ1) is 21.0. The lowest BCUT2D eigenvalue weighted by Gasteiger charge is -2.33. The number of hydrogen-bond donors (Lipinski definition) is 3. The van der Waals surface area contributed by atoms with Crippen LogP contribution < -0.4 is 26.0 Å². The number of benzene rings is 1. The van der Waals surface area contributed by atoms with Gasteiger partial charge in [0.2, 0.25) is 0 Å². The lowest BCUT2D eigenvalue weighted by Crippen LogP contribution is -2.49. The monoisotopic (exact) mass is 415 g/mol. The van der Waals surface area contributed by atoms with Crippen molar-refractivity contribution in [3.05, 3.63) is 47.3 Å². The third kappa shape index (κ3) is 6.67. The normalized spacial score (nSPS) is 15.2. The fourth-order valence-electron chi connectivity index (χ4n) is 3.31. The number of nitrogens with two attached hydrogens (primary N) is 1. The number of guanidine groups is 1. The van der Waals surface area contributed by atoms with Gasteiger partial charge in [-0.1, -0.05) is 12.1 Å². The Labute approximate surface area is 176 Å². The fourth-order valence-corrected chi connectivity index (χ4v) is 4.10. The number of piperidine rings is 1. The third-order valence-electron chi connectivity index (χ3n) is 4.89. The van der Waals surface area contributed by atoms with Crippen LogP contribution in [-0.2, 0) is 11.2 Å². The summed E-state index contributed by atoms with van der Waals surface area (Å²) in [6.45, 7) is 2.82. The number of nitrogens with one attached hydrogen (secondary N) is 2. The summed E-state index contributed by atoms with van der Waals surface area (Å²) in [5.41, 5.74) is 6.27. The van der Waals surface area contributed by atoms with Crippen molar-refractivity contribution in [1.82, 2.24) is 10.6 Å². The molecule has 7 nitrogen and oxygen atoms in total. The number of amides is 1. The number of aliphatic imine (C=N–C) groups is 1. The van der Waals surface area contributed by atoms with Gasteiger partial charge in [-0.2, -0.15) is 0 Å². The standard InChI is InChI=1S/C21H29N5O2S/c1-23-21(25-17-9-12-26(13-10-17)20-3-2-14-29-20)24-11-8-16-4-6-18(7-5-16)28-15-19(22)27/h2-7,14,17H,8-13,15H2,1H3,(H2,22,27)(H2,23,24,25). The van der Waals surface area contributed by atoms with Gasteiger partial charge in [0.15, 0.2) is 12.6 Å². The molecular formula is C21H29N5O2S. The maximum atomic E-state index is 10.8. The maximum absolute atomic E-state index is 10.8. The predicted molar refractivity (Wildman–Crippen MR) is 119 cm³/mol. The number of carbonyl (C=O) groups is 1. The second-order valence-corrected chi connectivity index (χ2v) is 7.93. The molecule has 1 aliphatic rings. The van der Waals surface area contributed by atoms with Crippen LogP contribution >= 0.6 is 11.3 Å². The van der Waals surface area contributed by atoms with Crippen molar-refractivity contribution >= 4 is 28.2 Å². The predicted octanol–water partition coefficient (Wildman–Crippen LogP) is 1.99. The van der Waals surface area contributed by atoms with Gasteiger partial charge in [-0.05, 0) is 54.5 Å². The Morgan fingerprint density at radius 1 is 1.28 bits per heavy atom. The summed E-state index contributed by atoms with van der Waals surface area (Å²) in [6, 6.07) is 12.4. The Hall–Kier alpha value is -2.74. The number of ether oxygens (including phenoxy) is 1. The molecule has 1 amide bonds. The van der Waals surface area contributed by atoms with Gasteiger partial charge in [0.1, 0.15) is 5.75 Å². The zero-order valence-electron chi connectivity index (χ0n) is 16.8. The number of carbonyl (C=O) groups excluding carboxylic acids is 1. The van der Waals surface area contributed by atoms with Gasteiger partial charge >= 0.3 is 0 Å². The average molecular weight is 416 g/mol. The Morgan fingerprint density at radius 3 is 2.66 bits per heavy atom. The SMILES string of the molecule is CN=C(NCCc1ccc(OCC(N)=O)cc1)NC1CCN(c2cccs2)CC1. The van der Waals surface area contributed by atoms with E-state index in [2.05, 4.69) is 38.0 Å². The first-order valence-electron chi connectivity index (χ1n) is 9.89. The minimum absolute atomic E-state index is 0.102. The molecule has 2 heterocycles. The first-order valence-corrected chi connectivity index (χ1v) is 10.8. The molecule has 1 aromatic carbocycles. The van der Waals surface area contributed by atoms with Crippen LogP contribution in [0.5, 0.6) is 5.75 Å². The number of rotatable bonds is 8. The molecule has 3 rings (SSSR count). The van der Waals surface area contributed by atoms with Crippen molar-refractivity contribution in [3.8, 4) is 5.75 Å². The van der Waals surface area contributed by atoms with E-state index in [-0.39, 0.29) is 6.61 Å². The maximum Gasteiger partial charge on any atom is 0.255 e. The second kappa shape index (κ2) is 10.7. The van der Waals surface area contributed by atoms with Crippen LogP contribution in [-0.4, -0.2) is 51.2 Å². The summed E-state index contributed by atoms with van der Waals surface area (Å²) in [7, 11) is 1.81. The van der Waals surface area contributed by atoms with E-state index < -0.39 is 5.91 Å². The molecule has 0 saturated carbocycles. The fraction of sp³-hybridized carbons (Fsp3) is 0.429. The minimum atomic E-state index is -0.477. The smallest absolute Gasteiger partial charge is 0.255 e. The van der Waals surface area contributed by atoms with E-state index in [1.807, 2.05) is 24.3 Å². The molecular weight excluding hydrogens is 386 g/mol. The zero-order chi connectivity index (χ0) is 20.5. The van der Waals surface area contributed by atoms with E-state index in [0.717, 1.165) is 44.9 Å². The molecule has 29 heavy (non-hydrogen) atoms. The summed E-state index contributed by atoms with van der Waals surface area (Å²) < 4.78 is 5.28. The highest BCUT2D eigenvalue weighted by molar-refractivity contribution is 7.14.